The Labute approximate surface area is 120 Å². The second-order valence-electron chi connectivity index (χ2n) is 5.06. The van der Waals surface area contributed by atoms with E-state index in [1.165, 1.54) is 11.1 Å². The lowest BCUT2D eigenvalue weighted by molar-refractivity contribution is 0.324. The van der Waals surface area contributed by atoms with Crippen LogP contribution in [0.1, 0.15) is 17.2 Å². The number of allylic oxidation sites excluding steroid dienone is 2. The smallest absolute Gasteiger partial charge is 0.0724 e. The SMILES string of the molecule is C1=CC(c2ccccc2)N(CCc2ccccc2)C=C1. The van der Waals surface area contributed by atoms with Crippen LogP contribution in [-0.4, -0.2) is 11.4 Å². The zero-order chi connectivity index (χ0) is 13.6. The Morgan fingerprint density at radius 2 is 1.50 bits per heavy atom. The molecular weight excluding hydrogens is 242 g/mol. The summed E-state index contributed by atoms with van der Waals surface area (Å²) in [7, 11) is 0. The summed E-state index contributed by atoms with van der Waals surface area (Å²) < 4.78 is 0. The molecule has 0 saturated heterocycles. The van der Waals surface area contributed by atoms with Gasteiger partial charge in [-0.3, -0.25) is 0 Å². The van der Waals surface area contributed by atoms with Crippen molar-refractivity contribution in [2.24, 2.45) is 0 Å². The van der Waals surface area contributed by atoms with Gasteiger partial charge < -0.3 is 4.90 Å². The first-order chi connectivity index (χ1) is 9.93. The summed E-state index contributed by atoms with van der Waals surface area (Å²) in [6, 6.07) is 21.7. The zero-order valence-corrected chi connectivity index (χ0v) is 11.5. The topological polar surface area (TPSA) is 3.24 Å². The number of hydrogen-bond acceptors (Lipinski definition) is 1. The van der Waals surface area contributed by atoms with Crippen LogP contribution in [0.3, 0.4) is 0 Å². The van der Waals surface area contributed by atoms with E-state index in [2.05, 4.69) is 90.0 Å². The average Bonchev–Trinajstić information content (AvgIpc) is 2.55. The summed E-state index contributed by atoms with van der Waals surface area (Å²) in [5, 5.41) is 0. The molecule has 1 aliphatic rings. The van der Waals surface area contributed by atoms with Crippen LogP contribution in [0, 0.1) is 0 Å². The van der Waals surface area contributed by atoms with Crippen LogP contribution in [0.4, 0.5) is 0 Å². The lowest BCUT2D eigenvalue weighted by atomic mass is 10.0. The van der Waals surface area contributed by atoms with Gasteiger partial charge in [0.2, 0.25) is 0 Å². The third-order valence-corrected chi connectivity index (χ3v) is 3.68. The van der Waals surface area contributed by atoms with Gasteiger partial charge in [-0.2, -0.15) is 0 Å². The van der Waals surface area contributed by atoms with Crippen molar-refractivity contribution in [3.05, 3.63) is 96.2 Å². The van der Waals surface area contributed by atoms with Crippen LogP contribution in [0.25, 0.3) is 0 Å². The van der Waals surface area contributed by atoms with Gasteiger partial charge in [-0.25, -0.2) is 0 Å². The fourth-order valence-corrected chi connectivity index (χ4v) is 2.60. The molecule has 2 aromatic carbocycles. The lowest BCUT2D eigenvalue weighted by Crippen LogP contribution is -2.26. The largest absolute Gasteiger partial charge is 0.367 e. The van der Waals surface area contributed by atoms with Gasteiger partial charge in [0.25, 0.3) is 0 Å². The van der Waals surface area contributed by atoms with E-state index in [1.807, 2.05) is 0 Å². The Bertz CT molecular complexity index is 584. The maximum Gasteiger partial charge on any atom is 0.0724 e. The second-order valence-corrected chi connectivity index (χ2v) is 5.06. The van der Waals surface area contributed by atoms with Crippen LogP contribution < -0.4 is 0 Å². The van der Waals surface area contributed by atoms with Gasteiger partial charge >= 0.3 is 0 Å². The molecule has 3 rings (SSSR count). The van der Waals surface area contributed by atoms with Crippen molar-refractivity contribution >= 4 is 0 Å². The first-order valence-corrected chi connectivity index (χ1v) is 7.13. The fourth-order valence-electron chi connectivity index (χ4n) is 2.60. The summed E-state index contributed by atoms with van der Waals surface area (Å²) in [5.74, 6) is 0. The van der Waals surface area contributed by atoms with Gasteiger partial charge in [0.1, 0.15) is 0 Å². The van der Waals surface area contributed by atoms with E-state index in [0.29, 0.717) is 6.04 Å². The molecule has 100 valence electrons. The van der Waals surface area contributed by atoms with Crippen molar-refractivity contribution in [3.63, 3.8) is 0 Å². The van der Waals surface area contributed by atoms with Crippen molar-refractivity contribution < 1.29 is 0 Å². The molecule has 1 nitrogen and oxygen atoms in total. The molecule has 0 aromatic heterocycles. The Kier molecular flexibility index (Phi) is 3.98. The maximum absolute atomic E-state index is 2.41. The number of rotatable bonds is 4. The van der Waals surface area contributed by atoms with Crippen LogP contribution >= 0.6 is 0 Å². The summed E-state index contributed by atoms with van der Waals surface area (Å²) in [6.07, 6.45) is 9.78. The molecule has 0 saturated carbocycles. The van der Waals surface area contributed by atoms with E-state index < -0.39 is 0 Å². The minimum Gasteiger partial charge on any atom is -0.367 e. The molecule has 1 heteroatoms. The standard InChI is InChI=1S/C19H19N/c1-3-9-17(10-4-1)14-16-20-15-8-7-13-19(20)18-11-5-2-6-12-18/h1-13,15,19H,14,16H2. The molecular formula is C19H19N. The predicted octanol–water partition coefficient (Wildman–Crippen LogP) is 4.36. The molecule has 1 atom stereocenters. The van der Waals surface area contributed by atoms with Crippen LogP contribution in [0.15, 0.2) is 85.1 Å². The molecule has 20 heavy (non-hydrogen) atoms. The molecule has 1 heterocycles. The third kappa shape index (κ3) is 3.00. The van der Waals surface area contributed by atoms with Gasteiger partial charge in [0.05, 0.1) is 6.04 Å². The second kappa shape index (κ2) is 6.25. The molecule has 1 aliphatic heterocycles. The van der Waals surface area contributed by atoms with E-state index >= 15 is 0 Å². The van der Waals surface area contributed by atoms with Crippen molar-refractivity contribution in [1.29, 1.82) is 0 Å². The van der Waals surface area contributed by atoms with Gasteiger partial charge in [-0.15, -0.1) is 0 Å². The Hall–Kier alpha value is -2.28. The number of benzene rings is 2. The fraction of sp³-hybridized carbons (Fsp3) is 0.158. The van der Waals surface area contributed by atoms with Gasteiger partial charge in [0, 0.05) is 6.54 Å². The lowest BCUT2D eigenvalue weighted by Gasteiger charge is -2.31. The maximum atomic E-state index is 2.41. The van der Waals surface area contributed by atoms with Gasteiger partial charge in [0.15, 0.2) is 0 Å². The van der Waals surface area contributed by atoms with E-state index in [4.69, 9.17) is 0 Å². The molecule has 0 fully saturated rings. The van der Waals surface area contributed by atoms with Crippen molar-refractivity contribution in [2.45, 2.75) is 12.5 Å². The Morgan fingerprint density at radius 3 is 2.25 bits per heavy atom. The van der Waals surface area contributed by atoms with E-state index in [-0.39, 0.29) is 0 Å². The monoisotopic (exact) mass is 261 g/mol. The van der Waals surface area contributed by atoms with Gasteiger partial charge in [-0.05, 0) is 29.8 Å². The highest BCUT2D eigenvalue weighted by molar-refractivity contribution is 5.28. The van der Waals surface area contributed by atoms with Crippen molar-refractivity contribution in [3.8, 4) is 0 Å². The summed E-state index contributed by atoms with van der Waals surface area (Å²) >= 11 is 0. The summed E-state index contributed by atoms with van der Waals surface area (Å²) in [4.78, 5) is 2.41. The van der Waals surface area contributed by atoms with Crippen molar-refractivity contribution in [1.82, 2.24) is 4.90 Å². The predicted molar refractivity (Wildman–Crippen MR) is 84.3 cm³/mol. The Balaban J connectivity index is 1.71. The van der Waals surface area contributed by atoms with Gasteiger partial charge in [-0.1, -0.05) is 72.8 Å². The van der Waals surface area contributed by atoms with Crippen LogP contribution in [0.2, 0.25) is 0 Å². The molecule has 0 aliphatic carbocycles. The zero-order valence-electron chi connectivity index (χ0n) is 11.5. The first kappa shape index (κ1) is 12.7. The molecule has 0 spiro atoms. The normalized spacial score (nSPS) is 17.4. The highest BCUT2D eigenvalue weighted by Crippen LogP contribution is 2.25. The number of hydrogen-bond donors (Lipinski definition) is 0. The highest BCUT2D eigenvalue weighted by Gasteiger charge is 2.15. The number of nitrogens with zero attached hydrogens (tertiary/aromatic N) is 1. The first-order valence-electron chi connectivity index (χ1n) is 7.13. The summed E-state index contributed by atoms with van der Waals surface area (Å²) in [6.45, 7) is 1.03. The Morgan fingerprint density at radius 1 is 0.800 bits per heavy atom. The van der Waals surface area contributed by atoms with E-state index in [0.717, 1.165) is 13.0 Å². The highest BCUT2D eigenvalue weighted by atomic mass is 15.1. The van der Waals surface area contributed by atoms with Crippen LogP contribution in [0.5, 0.6) is 0 Å². The van der Waals surface area contributed by atoms with E-state index in [9.17, 15) is 0 Å². The minimum absolute atomic E-state index is 0.352. The molecule has 2 aromatic rings. The molecule has 1 unspecified atom stereocenters. The average molecular weight is 261 g/mol. The molecule has 0 radical (unpaired) electrons. The summed E-state index contributed by atoms with van der Waals surface area (Å²) in [5.41, 5.74) is 2.74. The molecule has 0 N–H and O–H groups in total. The van der Waals surface area contributed by atoms with Crippen LogP contribution in [-0.2, 0) is 6.42 Å². The molecule has 0 bridgehead atoms. The molecule has 0 amide bonds. The third-order valence-electron chi connectivity index (χ3n) is 3.68. The minimum atomic E-state index is 0.352. The quantitative estimate of drug-likeness (QED) is 0.790. The van der Waals surface area contributed by atoms with E-state index in [1.54, 1.807) is 0 Å². The van der Waals surface area contributed by atoms with Crippen molar-refractivity contribution in [2.75, 3.05) is 6.54 Å².